The number of rotatable bonds is 1. The highest BCUT2D eigenvalue weighted by atomic mass is 19.4. The summed E-state index contributed by atoms with van der Waals surface area (Å²) in [5.74, 6) is 0.477. The van der Waals surface area contributed by atoms with Gasteiger partial charge in [-0.3, -0.25) is 0 Å². The Morgan fingerprint density at radius 3 is 2.22 bits per heavy atom. The maximum atomic E-state index is 12.5. The van der Waals surface area contributed by atoms with E-state index in [2.05, 4.69) is 4.98 Å². The third kappa shape index (κ3) is 2.86. The van der Waals surface area contributed by atoms with E-state index < -0.39 is 11.7 Å². The average Bonchev–Trinajstić information content (AvgIpc) is 2.56. The highest BCUT2D eigenvalue weighted by Gasteiger charge is 2.31. The number of alkyl halides is 3. The van der Waals surface area contributed by atoms with Gasteiger partial charge in [-0.25, -0.2) is 4.98 Å². The summed E-state index contributed by atoms with van der Waals surface area (Å²) in [4.78, 5) is 5.87. The summed E-state index contributed by atoms with van der Waals surface area (Å²) < 4.78 is 37.5. The van der Waals surface area contributed by atoms with Gasteiger partial charge in [0.15, 0.2) is 5.82 Å². The number of aromatic nitrogens is 1. The summed E-state index contributed by atoms with van der Waals surface area (Å²) in [7, 11) is 0. The SMILES string of the molecule is Nc1cc(C(F)(F)F)cnc1N1CCCCCC1. The van der Waals surface area contributed by atoms with Crippen molar-refractivity contribution >= 4 is 11.5 Å². The van der Waals surface area contributed by atoms with E-state index in [1.807, 2.05) is 4.90 Å². The first-order chi connectivity index (χ1) is 8.48. The first-order valence-corrected chi connectivity index (χ1v) is 6.06. The van der Waals surface area contributed by atoms with E-state index >= 15 is 0 Å². The maximum absolute atomic E-state index is 12.5. The Kier molecular flexibility index (Phi) is 3.63. The molecule has 100 valence electrons. The number of hydrogen-bond donors (Lipinski definition) is 1. The van der Waals surface area contributed by atoms with Crippen LogP contribution in [0.5, 0.6) is 0 Å². The van der Waals surface area contributed by atoms with Crippen LogP contribution in [0.2, 0.25) is 0 Å². The molecule has 0 unspecified atom stereocenters. The zero-order chi connectivity index (χ0) is 13.2. The van der Waals surface area contributed by atoms with Crippen molar-refractivity contribution in [1.82, 2.24) is 4.98 Å². The number of hydrogen-bond acceptors (Lipinski definition) is 3. The van der Waals surface area contributed by atoms with Crippen molar-refractivity contribution in [3.63, 3.8) is 0 Å². The Labute approximate surface area is 104 Å². The molecule has 2 N–H and O–H groups in total. The summed E-state index contributed by atoms with van der Waals surface area (Å²) in [5.41, 5.74) is 5.01. The fraction of sp³-hybridized carbons (Fsp3) is 0.583. The predicted molar refractivity (Wildman–Crippen MR) is 64.3 cm³/mol. The van der Waals surface area contributed by atoms with E-state index in [0.717, 1.165) is 51.0 Å². The van der Waals surface area contributed by atoms with E-state index in [1.165, 1.54) is 0 Å². The monoisotopic (exact) mass is 259 g/mol. The second-order valence-corrected chi connectivity index (χ2v) is 4.54. The number of nitrogen functional groups attached to an aromatic ring is 1. The van der Waals surface area contributed by atoms with Crippen molar-refractivity contribution in [2.24, 2.45) is 0 Å². The molecule has 1 aromatic heterocycles. The Morgan fingerprint density at radius 1 is 1.11 bits per heavy atom. The van der Waals surface area contributed by atoms with Crippen molar-refractivity contribution in [2.75, 3.05) is 23.7 Å². The molecule has 3 nitrogen and oxygen atoms in total. The zero-order valence-electron chi connectivity index (χ0n) is 10.0. The topological polar surface area (TPSA) is 42.1 Å². The molecule has 18 heavy (non-hydrogen) atoms. The number of nitrogens with two attached hydrogens (primary N) is 1. The van der Waals surface area contributed by atoms with Gasteiger partial charge in [-0.1, -0.05) is 12.8 Å². The second-order valence-electron chi connectivity index (χ2n) is 4.54. The van der Waals surface area contributed by atoms with E-state index in [4.69, 9.17) is 5.73 Å². The third-order valence-corrected chi connectivity index (χ3v) is 3.13. The molecule has 1 saturated heterocycles. The van der Waals surface area contributed by atoms with Crippen molar-refractivity contribution in [3.05, 3.63) is 17.8 Å². The number of halogens is 3. The molecule has 0 amide bonds. The summed E-state index contributed by atoms with van der Waals surface area (Å²) in [6, 6.07) is 0.966. The quantitative estimate of drug-likeness (QED) is 0.842. The molecule has 1 fully saturated rings. The fourth-order valence-corrected chi connectivity index (χ4v) is 2.18. The van der Waals surface area contributed by atoms with E-state index in [0.29, 0.717) is 5.82 Å². The van der Waals surface area contributed by atoms with Crippen LogP contribution in [0.1, 0.15) is 31.2 Å². The molecule has 0 radical (unpaired) electrons. The van der Waals surface area contributed by atoms with Gasteiger partial charge in [0.25, 0.3) is 0 Å². The highest BCUT2D eigenvalue weighted by Crippen LogP contribution is 2.32. The molecule has 0 saturated carbocycles. The van der Waals surface area contributed by atoms with Gasteiger partial charge >= 0.3 is 6.18 Å². The highest BCUT2D eigenvalue weighted by molar-refractivity contribution is 5.63. The molecule has 0 aliphatic carbocycles. The number of pyridine rings is 1. The van der Waals surface area contributed by atoms with Gasteiger partial charge in [0.1, 0.15) is 0 Å². The molecule has 1 aliphatic rings. The molecular weight excluding hydrogens is 243 g/mol. The average molecular weight is 259 g/mol. The van der Waals surface area contributed by atoms with Gasteiger partial charge in [-0.05, 0) is 18.9 Å². The minimum Gasteiger partial charge on any atom is -0.396 e. The zero-order valence-corrected chi connectivity index (χ0v) is 10.0. The van der Waals surface area contributed by atoms with Gasteiger partial charge in [0.05, 0.1) is 11.3 Å². The van der Waals surface area contributed by atoms with Gasteiger partial charge in [0.2, 0.25) is 0 Å². The van der Waals surface area contributed by atoms with Crippen molar-refractivity contribution in [3.8, 4) is 0 Å². The van der Waals surface area contributed by atoms with E-state index in [1.54, 1.807) is 0 Å². The van der Waals surface area contributed by atoms with Crippen LogP contribution in [0.3, 0.4) is 0 Å². The molecule has 2 rings (SSSR count). The van der Waals surface area contributed by atoms with Crippen LogP contribution in [-0.2, 0) is 6.18 Å². The van der Waals surface area contributed by atoms with Crippen LogP contribution >= 0.6 is 0 Å². The summed E-state index contributed by atoms with van der Waals surface area (Å²) >= 11 is 0. The van der Waals surface area contributed by atoms with Crippen LogP contribution in [0.15, 0.2) is 12.3 Å². The van der Waals surface area contributed by atoms with Crippen molar-refractivity contribution in [1.29, 1.82) is 0 Å². The molecule has 0 bridgehead atoms. The maximum Gasteiger partial charge on any atom is 0.417 e. The van der Waals surface area contributed by atoms with Gasteiger partial charge in [0, 0.05) is 19.3 Å². The van der Waals surface area contributed by atoms with Gasteiger partial charge in [-0.15, -0.1) is 0 Å². The van der Waals surface area contributed by atoms with Crippen molar-refractivity contribution < 1.29 is 13.2 Å². The first kappa shape index (κ1) is 13.0. The normalized spacial score (nSPS) is 17.6. The lowest BCUT2D eigenvalue weighted by Gasteiger charge is -2.23. The second kappa shape index (κ2) is 5.04. The minimum absolute atomic E-state index is 0.103. The smallest absolute Gasteiger partial charge is 0.396 e. The Bertz CT molecular complexity index is 410. The van der Waals surface area contributed by atoms with Crippen LogP contribution in [0.4, 0.5) is 24.7 Å². The standard InChI is InChI=1S/C12H16F3N3/c13-12(14,15)9-7-10(16)11(17-8-9)18-5-3-1-2-4-6-18/h7-8H,1-6,16H2. The van der Waals surface area contributed by atoms with Crippen molar-refractivity contribution in [2.45, 2.75) is 31.9 Å². The number of nitrogens with zero attached hydrogens (tertiary/aromatic N) is 2. The first-order valence-electron chi connectivity index (χ1n) is 6.06. The molecular formula is C12H16F3N3. The van der Waals surface area contributed by atoms with Crippen LogP contribution in [0, 0.1) is 0 Å². The summed E-state index contributed by atoms with van der Waals surface area (Å²) in [6.07, 6.45) is 0.827. The van der Waals surface area contributed by atoms with E-state index in [-0.39, 0.29) is 5.69 Å². The molecule has 1 aromatic rings. The third-order valence-electron chi connectivity index (χ3n) is 3.13. The minimum atomic E-state index is -4.39. The van der Waals surface area contributed by atoms with Gasteiger partial charge < -0.3 is 10.6 Å². The molecule has 2 heterocycles. The molecule has 1 aliphatic heterocycles. The lowest BCUT2D eigenvalue weighted by Crippen LogP contribution is -2.26. The molecule has 0 atom stereocenters. The molecule has 6 heteroatoms. The Balaban J connectivity index is 2.23. The van der Waals surface area contributed by atoms with Crippen LogP contribution < -0.4 is 10.6 Å². The summed E-state index contributed by atoms with van der Waals surface area (Å²) in [5, 5.41) is 0. The Morgan fingerprint density at radius 2 is 1.72 bits per heavy atom. The molecule has 0 aromatic carbocycles. The van der Waals surface area contributed by atoms with Gasteiger partial charge in [-0.2, -0.15) is 13.2 Å². The largest absolute Gasteiger partial charge is 0.417 e. The van der Waals surface area contributed by atoms with Crippen LogP contribution in [0.25, 0.3) is 0 Å². The predicted octanol–water partition coefficient (Wildman–Crippen LogP) is 3.06. The lowest BCUT2D eigenvalue weighted by molar-refractivity contribution is -0.137. The molecule has 0 spiro atoms. The van der Waals surface area contributed by atoms with E-state index in [9.17, 15) is 13.2 Å². The summed E-state index contributed by atoms with van der Waals surface area (Å²) in [6.45, 7) is 1.62. The van der Waals surface area contributed by atoms with Crippen LogP contribution in [-0.4, -0.2) is 18.1 Å². The Hall–Kier alpha value is -1.46. The number of anilines is 2. The fourth-order valence-electron chi connectivity index (χ4n) is 2.18. The lowest BCUT2D eigenvalue weighted by atomic mass is 10.2.